The van der Waals surface area contributed by atoms with E-state index in [1.54, 1.807) is 0 Å². The molecule has 3 aromatic heterocycles. The average molecular weight is 442 g/mol. The SMILES string of the molecule is Cc1cc(Nc2nc(C)cc(C)n2)cc(C2CCCN2C(=O)c2oc3ccccc3c2C)n1. The van der Waals surface area contributed by atoms with E-state index in [2.05, 4.69) is 15.3 Å². The van der Waals surface area contributed by atoms with Crippen LogP contribution in [0.1, 0.15) is 57.8 Å². The maximum absolute atomic E-state index is 13.5. The van der Waals surface area contributed by atoms with Gasteiger partial charge in [-0.05, 0) is 64.8 Å². The molecule has 1 amide bonds. The quantitative estimate of drug-likeness (QED) is 0.446. The number of hydrogen-bond donors (Lipinski definition) is 1. The number of amides is 1. The predicted molar refractivity (Wildman–Crippen MR) is 128 cm³/mol. The molecule has 1 aliphatic heterocycles. The molecule has 1 aliphatic rings. The summed E-state index contributed by atoms with van der Waals surface area (Å²) in [7, 11) is 0. The molecule has 0 bridgehead atoms. The number of carbonyl (C=O) groups excluding carboxylic acids is 1. The van der Waals surface area contributed by atoms with Crippen LogP contribution >= 0.6 is 0 Å². The topological polar surface area (TPSA) is 84.2 Å². The highest BCUT2D eigenvalue weighted by atomic mass is 16.3. The van der Waals surface area contributed by atoms with Gasteiger partial charge < -0.3 is 14.6 Å². The Bertz CT molecular complexity index is 1340. The Kier molecular flexibility index (Phi) is 5.32. The van der Waals surface area contributed by atoms with Crippen molar-refractivity contribution in [3.8, 4) is 0 Å². The molecule has 1 unspecified atom stereocenters. The van der Waals surface area contributed by atoms with Crippen molar-refractivity contribution in [1.82, 2.24) is 19.9 Å². The van der Waals surface area contributed by atoms with Crippen LogP contribution in [0.4, 0.5) is 11.6 Å². The molecule has 5 rings (SSSR count). The molecule has 7 nitrogen and oxygen atoms in total. The van der Waals surface area contributed by atoms with Crippen molar-refractivity contribution in [2.24, 2.45) is 0 Å². The molecular weight excluding hydrogens is 414 g/mol. The maximum atomic E-state index is 13.5. The molecule has 0 saturated carbocycles. The van der Waals surface area contributed by atoms with Gasteiger partial charge in [0.15, 0.2) is 5.76 Å². The third-order valence-corrected chi connectivity index (χ3v) is 6.10. The van der Waals surface area contributed by atoms with E-state index >= 15 is 0 Å². The first-order valence-electron chi connectivity index (χ1n) is 11.3. The third kappa shape index (κ3) is 4.06. The number of aromatic nitrogens is 3. The number of nitrogens with one attached hydrogen (secondary N) is 1. The number of fused-ring (bicyclic) bond motifs is 1. The Balaban J connectivity index is 1.45. The first-order valence-corrected chi connectivity index (χ1v) is 11.3. The fraction of sp³-hybridized carbons (Fsp3) is 0.308. The summed E-state index contributed by atoms with van der Waals surface area (Å²) in [6.45, 7) is 8.48. The van der Waals surface area contributed by atoms with E-state index in [9.17, 15) is 4.79 Å². The zero-order valence-corrected chi connectivity index (χ0v) is 19.3. The Morgan fingerprint density at radius 1 is 1.00 bits per heavy atom. The van der Waals surface area contributed by atoms with E-state index in [1.165, 1.54) is 0 Å². The molecule has 168 valence electrons. The highest BCUT2D eigenvalue weighted by Gasteiger charge is 2.34. The molecule has 4 aromatic rings. The van der Waals surface area contributed by atoms with Crippen molar-refractivity contribution < 1.29 is 9.21 Å². The third-order valence-electron chi connectivity index (χ3n) is 6.10. The van der Waals surface area contributed by atoms with Crippen LogP contribution in [-0.2, 0) is 0 Å². The van der Waals surface area contributed by atoms with Crippen LogP contribution < -0.4 is 5.32 Å². The van der Waals surface area contributed by atoms with Crippen LogP contribution in [0.25, 0.3) is 11.0 Å². The Morgan fingerprint density at radius 2 is 1.73 bits per heavy atom. The molecule has 0 spiro atoms. The summed E-state index contributed by atoms with van der Waals surface area (Å²) in [5.41, 5.74) is 6.03. The van der Waals surface area contributed by atoms with Gasteiger partial charge in [-0.3, -0.25) is 9.78 Å². The fourth-order valence-corrected chi connectivity index (χ4v) is 4.67. The van der Waals surface area contributed by atoms with Crippen molar-refractivity contribution in [3.63, 3.8) is 0 Å². The Labute approximate surface area is 192 Å². The predicted octanol–water partition coefficient (Wildman–Crippen LogP) is 5.57. The number of nitrogens with zero attached hydrogens (tertiary/aromatic N) is 4. The van der Waals surface area contributed by atoms with Gasteiger partial charge in [0.2, 0.25) is 5.95 Å². The fourth-order valence-electron chi connectivity index (χ4n) is 4.67. The number of anilines is 2. The molecule has 4 heterocycles. The monoisotopic (exact) mass is 441 g/mol. The lowest BCUT2D eigenvalue weighted by Crippen LogP contribution is -2.31. The van der Waals surface area contributed by atoms with Crippen molar-refractivity contribution in [1.29, 1.82) is 0 Å². The molecule has 1 saturated heterocycles. The molecule has 7 heteroatoms. The van der Waals surface area contributed by atoms with E-state index in [0.29, 0.717) is 18.3 Å². The summed E-state index contributed by atoms with van der Waals surface area (Å²) in [6.07, 6.45) is 1.79. The summed E-state index contributed by atoms with van der Waals surface area (Å²) in [6, 6.07) is 13.6. The summed E-state index contributed by atoms with van der Waals surface area (Å²) in [4.78, 5) is 29.2. The van der Waals surface area contributed by atoms with Gasteiger partial charge in [-0.15, -0.1) is 0 Å². The van der Waals surface area contributed by atoms with Gasteiger partial charge in [-0.2, -0.15) is 0 Å². The summed E-state index contributed by atoms with van der Waals surface area (Å²) < 4.78 is 5.97. The van der Waals surface area contributed by atoms with E-state index < -0.39 is 0 Å². The smallest absolute Gasteiger partial charge is 0.290 e. The minimum absolute atomic E-state index is 0.0818. The van der Waals surface area contributed by atoms with Gasteiger partial charge in [-0.1, -0.05) is 18.2 Å². The number of likely N-dealkylation sites (tertiary alicyclic amines) is 1. The first kappa shape index (κ1) is 21.1. The highest BCUT2D eigenvalue weighted by Crippen LogP contribution is 2.35. The molecule has 33 heavy (non-hydrogen) atoms. The summed E-state index contributed by atoms with van der Waals surface area (Å²) in [5, 5.41) is 4.29. The van der Waals surface area contributed by atoms with Crippen molar-refractivity contribution >= 4 is 28.5 Å². The molecule has 1 N–H and O–H groups in total. The lowest BCUT2D eigenvalue weighted by atomic mass is 10.1. The van der Waals surface area contributed by atoms with Gasteiger partial charge in [0.05, 0.1) is 11.7 Å². The molecule has 1 atom stereocenters. The van der Waals surface area contributed by atoms with E-state index in [-0.39, 0.29) is 11.9 Å². The van der Waals surface area contributed by atoms with Gasteiger partial charge in [0, 0.05) is 40.3 Å². The first-order chi connectivity index (χ1) is 15.9. The number of aryl methyl sites for hydroxylation is 4. The molecule has 1 aromatic carbocycles. The van der Waals surface area contributed by atoms with Crippen molar-refractivity contribution in [2.75, 3.05) is 11.9 Å². The van der Waals surface area contributed by atoms with Crippen LogP contribution in [0.3, 0.4) is 0 Å². The van der Waals surface area contributed by atoms with Crippen molar-refractivity contribution in [3.05, 3.63) is 76.6 Å². The normalized spacial score (nSPS) is 15.9. The summed E-state index contributed by atoms with van der Waals surface area (Å²) >= 11 is 0. The van der Waals surface area contributed by atoms with Crippen molar-refractivity contribution in [2.45, 2.75) is 46.6 Å². The van der Waals surface area contributed by atoms with E-state index in [4.69, 9.17) is 9.40 Å². The van der Waals surface area contributed by atoms with Crippen LogP contribution in [0, 0.1) is 27.7 Å². The molecule has 0 aliphatic carbocycles. The Morgan fingerprint density at radius 3 is 2.48 bits per heavy atom. The number of rotatable bonds is 4. The maximum Gasteiger partial charge on any atom is 0.290 e. The van der Waals surface area contributed by atoms with Gasteiger partial charge >= 0.3 is 0 Å². The van der Waals surface area contributed by atoms with Gasteiger partial charge in [0.25, 0.3) is 5.91 Å². The van der Waals surface area contributed by atoms with Crippen LogP contribution in [0.5, 0.6) is 0 Å². The number of carbonyl (C=O) groups is 1. The number of benzene rings is 1. The van der Waals surface area contributed by atoms with Gasteiger partial charge in [0.1, 0.15) is 5.58 Å². The summed E-state index contributed by atoms with van der Waals surface area (Å²) in [5.74, 6) is 0.890. The minimum atomic E-state index is -0.106. The largest absolute Gasteiger partial charge is 0.451 e. The minimum Gasteiger partial charge on any atom is -0.451 e. The zero-order chi connectivity index (χ0) is 23.1. The second-order valence-corrected chi connectivity index (χ2v) is 8.73. The second-order valence-electron chi connectivity index (χ2n) is 8.73. The van der Waals surface area contributed by atoms with Crippen LogP contribution in [-0.4, -0.2) is 32.3 Å². The van der Waals surface area contributed by atoms with Crippen LogP contribution in [0.15, 0.2) is 46.9 Å². The lowest BCUT2D eigenvalue weighted by Gasteiger charge is -2.24. The lowest BCUT2D eigenvalue weighted by molar-refractivity contribution is 0.0702. The average Bonchev–Trinajstić information content (AvgIpc) is 3.38. The second kappa shape index (κ2) is 8.31. The Hall–Kier alpha value is -3.74. The zero-order valence-electron chi connectivity index (χ0n) is 19.3. The number of hydrogen-bond acceptors (Lipinski definition) is 6. The highest BCUT2D eigenvalue weighted by molar-refractivity contribution is 5.99. The number of para-hydroxylation sites is 1. The number of furan rings is 1. The van der Waals surface area contributed by atoms with Gasteiger partial charge in [-0.25, -0.2) is 9.97 Å². The number of pyridine rings is 1. The molecular formula is C26H27N5O2. The molecule has 1 fully saturated rings. The van der Waals surface area contributed by atoms with E-state index in [0.717, 1.165) is 57.8 Å². The van der Waals surface area contributed by atoms with E-state index in [1.807, 2.05) is 75.1 Å². The molecule has 0 radical (unpaired) electrons. The van der Waals surface area contributed by atoms with Crippen LogP contribution in [0.2, 0.25) is 0 Å². The standard InChI is InChI=1S/C26H27N5O2/c1-15-12-16(2)29-26(28-15)30-19-13-17(3)27-21(14-19)22-9-7-11-31(22)25(32)24-18(4)20-8-5-6-10-23(20)33-24/h5-6,8,10,12-14,22H,7,9,11H2,1-4H3,(H,27,28,29,30).